The molecule has 4 nitrogen and oxygen atoms in total. The molecule has 3 rings (SSSR count). The zero-order valence-corrected chi connectivity index (χ0v) is 8.29. The van der Waals surface area contributed by atoms with E-state index in [0.29, 0.717) is 0 Å². The number of carbonyl (C=O) groups is 2. The summed E-state index contributed by atoms with van der Waals surface area (Å²) in [5, 5.41) is 2.44. The molecule has 1 N–H and O–H groups in total. The Kier molecular flexibility index (Phi) is 1.22. The Morgan fingerprint density at radius 3 is 2.00 bits per heavy atom. The van der Waals surface area contributed by atoms with Crippen molar-refractivity contribution in [3.05, 3.63) is 0 Å². The molecule has 76 valence electrons. The average molecular weight is 195 g/mol. The second-order valence-electron chi connectivity index (χ2n) is 4.88. The SMILES string of the molecule is C[C@@]12C(=O)NC(=O)[C@]1(C)[C@H]1CC[C@@H]2O1. The summed E-state index contributed by atoms with van der Waals surface area (Å²) in [7, 11) is 0. The van der Waals surface area contributed by atoms with Crippen LogP contribution >= 0.6 is 0 Å². The Labute approximate surface area is 82.0 Å². The van der Waals surface area contributed by atoms with Gasteiger partial charge in [-0.15, -0.1) is 0 Å². The number of imide groups is 1. The average Bonchev–Trinajstić information content (AvgIpc) is 2.73. The zero-order valence-electron chi connectivity index (χ0n) is 8.29. The van der Waals surface area contributed by atoms with Crippen LogP contribution in [0.15, 0.2) is 0 Å². The highest BCUT2D eigenvalue weighted by molar-refractivity contribution is 6.10. The molecule has 4 atom stereocenters. The number of carbonyl (C=O) groups excluding carboxylic acids is 2. The van der Waals surface area contributed by atoms with Crippen LogP contribution < -0.4 is 5.32 Å². The predicted molar refractivity (Wildman–Crippen MR) is 47.3 cm³/mol. The molecule has 3 aliphatic rings. The van der Waals surface area contributed by atoms with Crippen LogP contribution in [0.1, 0.15) is 26.7 Å². The van der Waals surface area contributed by atoms with E-state index in [4.69, 9.17) is 4.74 Å². The standard InChI is InChI=1S/C10H13NO3/c1-9-5-3-4-6(14-5)10(9,2)8(13)11-7(9)12/h5-6H,3-4H2,1-2H3,(H,11,12,13)/t5-,6+,9+,10-. The van der Waals surface area contributed by atoms with Crippen LogP contribution in [-0.2, 0) is 14.3 Å². The molecule has 0 radical (unpaired) electrons. The Morgan fingerprint density at radius 1 is 1.14 bits per heavy atom. The molecule has 4 heteroatoms. The summed E-state index contributed by atoms with van der Waals surface area (Å²) >= 11 is 0. The molecule has 0 saturated carbocycles. The van der Waals surface area contributed by atoms with E-state index >= 15 is 0 Å². The maximum absolute atomic E-state index is 11.8. The van der Waals surface area contributed by atoms with Crippen molar-refractivity contribution in [2.24, 2.45) is 10.8 Å². The number of rotatable bonds is 0. The van der Waals surface area contributed by atoms with Crippen LogP contribution in [0, 0.1) is 10.8 Å². The fourth-order valence-electron chi connectivity index (χ4n) is 3.28. The van der Waals surface area contributed by atoms with Crippen LogP contribution in [0.2, 0.25) is 0 Å². The Morgan fingerprint density at radius 2 is 1.57 bits per heavy atom. The van der Waals surface area contributed by atoms with Crippen molar-refractivity contribution in [2.75, 3.05) is 0 Å². The number of fused-ring (bicyclic) bond motifs is 5. The lowest BCUT2D eigenvalue weighted by molar-refractivity contribution is -0.132. The van der Waals surface area contributed by atoms with Gasteiger partial charge in [0, 0.05) is 0 Å². The molecule has 0 unspecified atom stereocenters. The lowest BCUT2D eigenvalue weighted by atomic mass is 9.59. The molecule has 3 saturated heterocycles. The Balaban J connectivity index is 2.21. The lowest BCUT2D eigenvalue weighted by Gasteiger charge is -2.36. The van der Waals surface area contributed by atoms with Gasteiger partial charge >= 0.3 is 0 Å². The van der Waals surface area contributed by atoms with Crippen molar-refractivity contribution >= 4 is 11.8 Å². The number of hydrogen-bond acceptors (Lipinski definition) is 3. The van der Waals surface area contributed by atoms with Gasteiger partial charge in [-0.3, -0.25) is 14.9 Å². The van der Waals surface area contributed by atoms with Gasteiger partial charge in [0.2, 0.25) is 11.8 Å². The van der Waals surface area contributed by atoms with Gasteiger partial charge in [0.05, 0.1) is 23.0 Å². The third kappa shape index (κ3) is 0.557. The first kappa shape index (κ1) is 8.41. The Bertz CT molecular complexity index is 321. The van der Waals surface area contributed by atoms with Crippen molar-refractivity contribution in [1.29, 1.82) is 0 Å². The first-order valence-electron chi connectivity index (χ1n) is 5.02. The number of nitrogens with one attached hydrogen (secondary N) is 1. The third-order valence-corrected chi connectivity index (χ3v) is 4.56. The maximum Gasteiger partial charge on any atom is 0.236 e. The summed E-state index contributed by atoms with van der Waals surface area (Å²) in [4.78, 5) is 23.5. The molecule has 3 heterocycles. The van der Waals surface area contributed by atoms with Gasteiger partial charge in [-0.1, -0.05) is 0 Å². The fraction of sp³-hybridized carbons (Fsp3) is 0.800. The Hall–Kier alpha value is -0.900. The minimum Gasteiger partial charge on any atom is -0.373 e. The third-order valence-electron chi connectivity index (χ3n) is 4.56. The molecule has 2 amide bonds. The highest BCUT2D eigenvalue weighted by Crippen LogP contribution is 2.61. The maximum atomic E-state index is 11.8. The van der Waals surface area contributed by atoms with E-state index in [9.17, 15) is 9.59 Å². The topological polar surface area (TPSA) is 55.4 Å². The van der Waals surface area contributed by atoms with Gasteiger partial charge in [-0.05, 0) is 26.7 Å². The minimum atomic E-state index is -0.632. The van der Waals surface area contributed by atoms with Gasteiger partial charge in [0.1, 0.15) is 0 Å². The minimum absolute atomic E-state index is 0.0658. The van der Waals surface area contributed by atoms with Crippen molar-refractivity contribution in [3.8, 4) is 0 Å². The number of amides is 2. The summed E-state index contributed by atoms with van der Waals surface area (Å²) in [6.45, 7) is 3.72. The number of hydrogen-bond donors (Lipinski definition) is 1. The fourth-order valence-corrected chi connectivity index (χ4v) is 3.28. The predicted octanol–water partition coefficient (Wildman–Crippen LogP) is 0.217. The smallest absolute Gasteiger partial charge is 0.236 e. The molecular formula is C10H13NO3. The van der Waals surface area contributed by atoms with Gasteiger partial charge < -0.3 is 4.74 Å². The summed E-state index contributed by atoms with van der Waals surface area (Å²) in [5.74, 6) is -0.311. The molecule has 0 aromatic heterocycles. The first-order chi connectivity index (χ1) is 6.51. The summed E-state index contributed by atoms with van der Waals surface area (Å²) in [5.41, 5.74) is -1.26. The van der Waals surface area contributed by atoms with Crippen molar-refractivity contribution in [1.82, 2.24) is 5.32 Å². The van der Waals surface area contributed by atoms with Crippen molar-refractivity contribution < 1.29 is 14.3 Å². The van der Waals surface area contributed by atoms with Gasteiger partial charge in [-0.25, -0.2) is 0 Å². The zero-order chi connectivity index (χ0) is 10.1. The van der Waals surface area contributed by atoms with Gasteiger partial charge in [0.15, 0.2) is 0 Å². The van der Waals surface area contributed by atoms with E-state index in [2.05, 4.69) is 5.32 Å². The van der Waals surface area contributed by atoms with Crippen LogP contribution in [-0.4, -0.2) is 24.0 Å². The second kappa shape index (κ2) is 2.03. The normalized spacial score (nSPS) is 55.0. The summed E-state index contributed by atoms with van der Waals surface area (Å²) in [6.07, 6.45) is 1.67. The molecule has 0 spiro atoms. The summed E-state index contributed by atoms with van der Waals surface area (Å²) < 4.78 is 5.70. The monoisotopic (exact) mass is 195 g/mol. The van der Waals surface area contributed by atoms with Crippen LogP contribution in [0.3, 0.4) is 0 Å². The quantitative estimate of drug-likeness (QED) is 0.562. The van der Waals surface area contributed by atoms with E-state index in [1.54, 1.807) is 0 Å². The molecule has 0 aromatic rings. The molecule has 0 aliphatic carbocycles. The highest BCUT2D eigenvalue weighted by Gasteiger charge is 2.74. The largest absolute Gasteiger partial charge is 0.373 e. The van der Waals surface area contributed by atoms with Gasteiger partial charge in [0.25, 0.3) is 0 Å². The molecule has 3 fully saturated rings. The molecule has 14 heavy (non-hydrogen) atoms. The molecule has 0 aromatic carbocycles. The molecular weight excluding hydrogens is 182 g/mol. The number of ether oxygens (including phenoxy) is 1. The molecule has 3 aliphatic heterocycles. The highest BCUT2D eigenvalue weighted by atomic mass is 16.5. The van der Waals surface area contributed by atoms with Gasteiger partial charge in [-0.2, -0.15) is 0 Å². The van der Waals surface area contributed by atoms with Crippen LogP contribution in [0.5, 0.6) is 0 Å². The van der Waals surface area contributed by atoms with Crippen molar-refractivity contribution in [2.45, 2.75) is 38.9 Å². The molecule has 2 bridgehead atoms. The summed E-state index contributed by atoms with van der Waals surface area (Å²) in [6, 6.07) is 0. The van der Waals surface area contributed by atoms with E-state index in [1.807, 2.05) is 13.8 Å². The van der Waals surface area contributed by atoms with Crippen molar-refractivity contribution in [3.63, 3.8) is 0 Å². The van der Waals surface area contributed by atoms with E-state index in [0.717, 1.165) is 12.8 Å². The van der Waals surface area contributed by atoms with Crippen LogP contribution in [0.4, 0.5) is 0 Å². The van der Waals surface area contributed by atoms with E-state index < -0.39 is 10.8 Å². The first-order valence-corrected chi connectivity index (χ1v) is 5.02. The second-order valence-corrected chi connectivity index (χ2v) is 4.88. The van der Waals surface area contributed by atoms with Crippen LogP contribution in [0.25, 0.3) is 0 Å². The lowest BCUT2D eigenvalue weighted by Crippen LogP contribution is -2.48. The van der Waals surface area contributed by atoms with E-state index in [-0.39, 0.29) is 24.0 Å². The van der Waals surface area contributed by atoms with E-state index in [1.165, 1.54) is 0 Å².